The van der Waals surface area contributed by atoms with Gasteiger partial charge in [0.25, 0.3) is 0 Å². The predicted octanol–water partition coefficient (Wildman–Crippen LogP) is 8.32. The molecule has 5 nitrogen and oxygen atoms in total. The van der Waals surface area contributed by atoms with E-state index in [-0.39, 0.29) is 36.5 Å². The molecule has 11 heteroatoms. The molecule has 0 aliphatic rings. The molecule has 0 aliphatic heterocycles. The Bertz CT molecular complexity index is 1140. The van der Waals surface area contributed by atoms with Crippen molar-refractivity contribution in [2.45, 2.75) is 77.2 Å². The number of rotatable bonds is 18. The van der Waals surface area contributed by atoms with Crippen molar-refractivity contribution in [1.29, 1.82) is 5.41 Å². The monoisotopic (exact) mass is 587 g/mol. The maximum Gasteiger partial charge on any atom is 0.432 e. The molecule has 2 aromatic carbocycles. The number of ether oxygens (including phenoxy) is 3. The largest absolute Gasteiger partial charge is 0.478 e. The summed E-state index contributed by atoms with van der Waals surface area (Å²) >= 11 is 0. The summed E-state index contributed by atoms with van der Waals surface area (Å²) in [6, 6.07) is 2.70. The lowest BCUT2D eigenvalue weighted by atomic mass is 10.0. The average molecular weight is 588 g/mol. The van der Waals surface area contributed by atoms with Crippen LogP contribution >= 0.6 is 0 Å². The zero-order valence-electron chi connectivity index (χ0n) is 23.0. The highest BCUT2D eigenvalue weighted by Crippen LogP contribution is 2.36. The second-order valence-electron chi connectivity index (χ2n) is 9.50. The summed E-state index contributed by atoms with van der Waals surface area (Å²) in [5.74, 6) is -6.63. The van der Waals surface area contributed by atoms with Crippen molar-refractivity contribution in [2.75, 3.05) is 13.2 Å². The van der Waals surface area contributed by atoms with Crippen LogP contribution in [0.15, 0.2) is 36.9 Å². The van der Waals surface area contributed by atoms with Crippen LogP contribution in [-0.4, -0.2) is 25.1 Å². The van der Waals surface area contributed by atoms with Gasteiger partial charge in [0.15, 0.2) is 0 Å². The Morgan fingerprint density at radius 2 is 1.32 bits per heavy atom. The number of alkyl halides is 2. The van der Waals surface area contributed by atoms with Crippen molar-refractivity contribution in [3.05, 3.63) is 76.9 Å². The van der Waals surface area contributed by atoms with Crippen molar-refractivity contribution in [2.24, 2.45) is 0 Å². The van der Waals surface area contributed by atoms with E-state index in [4.69, 9.17) is 14.9 Å². The minimum absolute atomic E-state index is 0.000424. The average Bonchev–Trinajstić information content (AvgIpc) is 2.87. The Kier molecular flexibility index (Phi) is 13.7. The number of nitrogens with one attached hydrogen (secondary N) is 1. The van der Waals surface area contributed by atoms with Crippen molar-refractivity contribution >= 4 is 11.9 Å². The minimum Gasteiger partial charge on any atom is -0.478 e. The molecule has 0 heterocycles. The molecule has 0 aliphatic carbocycles. The highest BCUT2D eigenvalue weighted by atomic mass is 19.3. The van der Waals surface area contributed by atoms with Crippen molar-refractivity contribution < 1.29 is 45.3 Å². The first kappa shape index (κ1) is 33.7. The molecule has 0 spiro atoms. The first-order chi connectivity index (χ1) is 19.4. The van der Waals surface area contributed by atoms with Crippen LogP contribution in [0.5, 0.6) is 5.75 Å². The standard InChI is InChI=1S/C30H35F6NO4/c1-3-28(37)40-15-11-6-4-8-12-21-16-26(33)29(27(34)17-21)30(35,36)41-22-18-24(31)23(25(32)19-22)13-9-5-7-10-14-39-20(2)38/h3,16-19,37H,1,4-15H2,2H3. The van der Waals surface area contributed by atoms with E-state index in [1.807, 2.05) is 0 Å². The lowest BCUT2D eigenvalue weighted by molar-refractivity contribution is -0.189. The summed E-state index contributed by atoms with van der Waals surface area (Å²) in [6.45, 7) is 5.29. The molecule has 0 aromatic heterocycles. The van der Waals surface area contributed by atoms with Crippen molar-refractivity contribution in [1.82, 2.24) is 0 Å². The number of halogens is 6. The van der Waals surface area contributed by atoms with Crippen LogP contribution in [0.2, 0.25) is 0 Å². The molecule has 2 rings (SSSR count). The summed E-state index contributed by atoms with van der Waals surface area (Å²) in [5, 5.41) is 7.29. The van der Waals surface area contributed by atoms with E-state index in [1.54, 1.807) is 0 Å². The van der Waals surface area contributed by atoms with Gasteiger partial charge in [-0.3, -0.25) is 10.2 Å². The smallest absolute Gasteiger partial charge is 0.432 e. The maximum atomic E-state index is 14.8. The number of unbranched alkanes of at least 4 members (excludes halogenated alkanes) is 6. The second-order valence-corrected chi connectivity index (χ2v) is 9.50. The first-order valence-corrected chi connectivity index (χ1v) is 13.4. The van der Waals surface area contributed by atoms with Gasteiger partial charge in [-0.25, -0.2) is 17.6 Å². The van der Waals surface area contributed by atoms with E-state index in [0.29, 0.717) is 63.7 Å². The normalized spacial score (nSPS) is 11.3. The van der Waals surface area contributed by atoms with Gasteiger partial charge in [-0.05, 0) is 62.3 Å². The molecule has 0 saturated carbocycles. The lowest BCUT2D eigenvalue weighted by Crippen LogP contribution is -2.25. The molecule has 0 radical (unpaired) electrons. The van der Waals surface area contributed by atoms with Crippen LogP contribution in [0.4, 0.5) is 26.3 Å². The van der Waals surface area contributed by atoms with Gasteiger partial charge < -0.3 is 14.2 Å². The van der Waals surface area contributed by atoms with E-state index in [2.05, 4.69) is 11.3 Å². The van der Waals surface area contributed by atoms with Crippen LogP contribution in [0, 0.1) is 28.7 Å². The Hall–Kier alpha value is -3.50. The summed E-state index contributed by atoms with van der Waals surface area (Å²) in [6.07, 6.45) is 1.90. The predicted molar refractivity (Wildman–Crippen MR) is 142 cm³/mol. The highest BCUT2D eigenvalue weighted by molar-refractivity contribution is 5.83. The number of hydrogen-bond donors (Lipinski definition) is 1. The maximum absolute atomic E-state index is 14.8. The third kappa shape index (κ3) is 11.5. The number of carbonyl (C=O) groups is 1. The van der Waals surface area contributed by atoms with Crippen molar-refractivity contribution in [3.8, 4) is 5.75 Å². The fraction of sp³-hybridized carbons (Fsp3) is 0.467. The topological polar surface area (TPSA) is 68.6 Å². The van der Waals surface area contributed by atoms with Gasteiger partial charge in [-0.15, -0.1) is 0 Å². The minimum atomic E-state index is -4.53. The summed E-state index contributed by atoms with van der Waals surface area (Å²) in [5.41, 5.74) is -1.79. The van der Waals surface area contributed by atoms with Gasteiger partial charge in [0.1, 0.15) is 34.6 Å². The van der Waals surface area contributed by atoms with Gasteiger partial charge in [0, 0.05) is 24.6 Å². The molecule has 41 heavy (non-hydrogen) atoms. The Balaban J connectivity index is 1.93. The quantitative estimate of drug-likeness (QED) is 0.0626. The SMILES string of the molecule is C=CC(=N)OCCCCCCc1cc(F)c(C(F)(F)Oc2cc(F)c(CCCCCCOC(C)=O)c(F)c2)c(F)c1. The van der Waals surface area contributed by atoms with Gasteiger partial charge in [-0.1, -0.05) is 32.3 Å². The Labute approximate surface area is 236 Å². The third-order valence-corrected chi connectivity index (χ3v) is 6.18. The first-order valence-electron chi connectivity index (χ1n) is 13.4. The fourth-order valence-corrected chi connectivity index (χ4v) is 4.12. The number of benzene rings is 2. The van der Waals surface area contributed by atoms with Gasteiger partial charge in [0.05, 0.1) is 13.2 Å². The third-order valence-electron chi connectivity index (χ3n) is 6.18. The van der Waals surface area contributed by atoms with Crippen LogP contribution in [0.25, 0.3) is 0 Å². The number of carbonyl (C=O) groups excluding carboxylic acids is 1. The molecule has 0 bridgehead atoms. The van der Waals surface area contributed by atoms with E-state index in [0.717, 1.165) is 18.6 Å². The summed E-state index contributed by atoms with van der Waals surface area (Å²) < 4.78 is 102. The molecule has 0 unspecified atom stereocenters. The second kappa shape index (κ2) is 16.7. The van der Waals surface area contributed by atoms with Crippen LogP contribution in [0.1, 0.15) is 75.0 Å². The van der Waals surface area contributed by atoms with Crippen molar-refractivity contribution in [3.63, 3.8) is 0 Å². The number of aryl methyl sites for hydroxylation is 1. The highest BCUT2D eigenvalue weighted by Gasteiger charge is 2.41. The van der Waals surface area contributed by atoms with Gasteiger partial charge in [-0.2, -0.15) is 8.78 Å². The van der Waals surface area contributed by atoms with E-state index >= 15 is 0 Å². The number of hydrogen-bond acceptors (Lipinski definition) is 5. The molecule has 2 aromatic rings. The molecular weight excluding hydrogens is 552 g/mol. The lowest BCUT2D eigenvalue weighted by Gasteiger charge is -2.20. The van der Waals surface area contributed by atoms with Crippen LogP contribution in [-0.2, 0) is 33.2 Å². The summed E-state index contributed by atoms with van der Waals surface area (Å²) in [7, 11) is 0. The zero-order chi connectivity index (χ0) is 30.4. The van der Waals surface area contributed by atoms with Gasteiger partial charge in [0.2, 0.25) is 5.90 Å². The van der Waals surface area contributed by atoms with E-state index in [9.17, 15) is 31.1 Å². The molecule has 1 N–H and O–H groups in total. The molecule has 0 atom stereocenters. The van der Waals surface area contributed by atoms with Crippen LogP contribution < -0.4 is 4.74 Å². The van der Waals surface area contributed by atoms with Crippen LogP contribution in [0.3, 0.4) is 0 Å². The Morgan fingerprint density at radius 3 is 1.85 bits per heavy atom. The molecule has 226 valence electrons. The molecule has 0 saturated heterocycles. The molecule has 0 fully saturated rings. The Morgan fingerprint density at radius 1 is 0.805 bits per heavy atom. The fourth-order valence-electron chi connectivity index (χ4n) is 4.12. The van der Waals surface area contributed by atoms with E-state index < -0.39 is 46.7 Å². The van der Waals surface area contributed by atoms with E-state index in [1.165, 1.54) is 13.0 Å². The molecule has 0 amide bonds. The zero-order valence-corrected chi connectivity index (χ0v) is 23.0. The molecular formula is C30H35F6NO4. The summed E-state index contributed by atoms with van der Waals surface area (Å²) in [4.78, 5) is 10.7. The van der Waals surface area contributed by atoms with Gasteiger partial charge >= 0.3 is 12.1 Å². The number of esters is 1.